The molecule has 0 spiro atoms. The molecule has 0 atom stereocenters. The van der Waals surface area contributed by atoms with Gasteiger partial charge < -0.3 is 5.32 Å². The minimum atomic E-state index is -0.812. The second-order valence-electron chi connectivity index (χ2n) is 4.09. The van der Waals surface area contributed by atoms with Gasteiger partial charge in [0.2, 0.25) is 0 Å². The zero-order chi connectivity index (χ0) is 13.1. The highest BCUT2D eigenvalue weighted by Gasteiger charge is 2.05. The molecule has 0 aliphatic heterocycles. The van der Waals surface area contributed by atoms with Crippen LogP contribution in [0.1, 0.15) is 21.1 Å². The number of benzene rings is 1. The van der Waals surface area contributed by atoms with Crippen molar-refractivity contribution in [3.8, 4) is 0 Å². The molecule has 0 amide bonds. The molecule has 5 heteroatoms. The Kier molecular flexibility index (Phi) is 4.04. The van der Waals surface area contributed by atoms with Gasteiger partial charge in [0.1, 0.15) is 0 Å². The average Bonchev–Trinajstić information content (AvgIpc) is 2.63. The summed E-state index contributed by atoms with van der Waals surface area (Å²) >= 11 is 1.65. The molecule has 0 unspecified atom stereocenters. The van der Waals surface area contributed by atoms with Crippen LogP contribution in [0.25, 0.3) is 0 Å². The average molecular weight is 268 g/mol. The summed E-state index contributed by atoms with van der Waals surface area (Å²) in [4.78, 5) is 5.51. The van der Waals surface area contributed by atoms with Crippen LogP contribution in [0.5, 0.6) is 0 Å². The summed E-state index contributed by atoms with van der Waals surface area (Å²) in [5.74, 6) is -1.62. The molecule has 2 aromatic rings. The molecule has 0 bridgehead atoms. The highest BCUT2D eigenvalue weighted by atomic mass is 32.1. The van der Waals surface area contributed by atoms with Gasteiger partial charge in [-0.3, -0.25) is 0 Å². The standard InChI is InChI=1S/C13H14F2N2S/c1-8-13(18-9(2)17-8)7-16-6-10-3-4-11(14)12(15)5-10/h3-5,16H,6-7H2,1-2H3. The molecule has 1 heterocycles. The van der Waals surface area contributed by atoms with Crippen LogP contribution in [0, 0.1) is 25.5 Å². The molecule has 0 fully saturated rings. The third kappa shape index (κ3) is 3.11. The summed E-state index contributed by atoms with van der Waals surface area (Å²) in [7, 11) is 0. The van der Waals surface area contributed by atoms with E-state index in [1.54, 1.807) is 17.4 Å². The Balaban J connectivity index is 1.92. The first kappa shape index (κ1) is 13.1. The van der Waals surface area contributed by atoms with E-state index in [1.165, 1.54) is 10.9 Å². The lowest BCUT2D eigenvalue weighted by Crippen LogP contribution is -2.12. The normalized spacial score (nSPS) is 10.9. The molecule has 1 N–H and O–H groups in total. The molecule has 1 aromatic heterocycles. The van der Waals surface area contributed by atoms with Gasteiger partial charge in [0.25, 0.3) is 0 Å². The topological polar surface area (TPSA) is 24.9 Å². The fourth-order valence-electron chi connectivity index (χ4n) is 1.71. The number of nitrogens with one attached hydrogen (secondary N) is 1. The first-order valence-corrected chi connectivity index (χ1v) is 6.45. The molecule has 1 aromatic carbocycles. The van der Waals surface area contributed by atoms with Crippen molar-refractivity contribution in [3.63, 3.8) is 0 Å². The number of rotatable bonds is 4. The Morgan fingerprint density at radius 2 is 1.94 bits per heavy atom. The Hall–Kier alpha value is -1.33. The molecule has 0 saturated carbocycles. The third-order valence-corrected chi connectivity index (χ3v) is 3.67. The lowest BCUT2D eigenvalue weighted by molar-refractivity contribution is 0.506. The summed E-state index contributed by atoms with van der Waals surface area (Å²) < 4.78 is 25.7. The Bertz CT molecular complexity index is 552. The van der Waals surface area contributed by atoms with Gasteiger partial charge in [0.05, 0.1) is 10.7 Å². The fraction of sp³-hybridized carbons (Fsp3) is 0.308. The molecule has 0 saturated heterocycles. The van der Waals surface area contributed by atoms with Crippen molar-refractivity contribution in [3.05, 3.63) is 51.0 Å². The predicted molar refractivity (Wildman–Crippen MR) is 68.5 cm³/mol. The van der Waals surface area contributed by atoms with Crippen molar-refractivity contribution in [1.29, 1.82) is 0 Å². The summed E-state index contributed by atoms with van der Waals surface area (Å²) in [5, 5.41) is 4.24. The van der Waals surface area contributed by atoms with E-state index in [0.717, 1.165) is 22.3 Å². The van der Waals surface area contributed by atoms with Gasteiger partial charge in [-0.25, -0.2) is 13.8 Å². The van der Waals surface area contributed by atoms with Crippen molar-refractivity contribution < 1.29 is 8.78 Å². The second kappa shape index (κ2) is 5.54. The van der Waals surface area contributed by atoms with Crippen LogP contribution in [0.15, 0.2) is 18.2 Å². The number of nitrogens with zero attached hydrogens (tertiary/aromatic N) is 1. The monoisotopic (exact) mass is 268 g/mol. The second-order valence-corrected chi connectivity index (χ2v) is 5.38. The van der Waals surface area contributed by atoms with E-state index in [-0.39, 0.29) is 0 Å². The predicted octanol–water partition coefficient (Wildman–Crippen LogP) is 3.33. The van der Waals surface area contributed by atoms with Crippen LogP contribution in [-0.4, -0.2) is 4.98 Å². The molecular formula is C13H14F2N2S. The van der Waals surface area contributed by atoms with E-state index >= 15 is 0 Å². The van der Waals surface area contributed by atoms with E-state index in [9.17, 15) is 8.78 Å². The van der Waals surface area contributed by atoms with E-state index in [4.69, 9.17) is 0 Å². The van der Waals surface area contributed by atoms with Crippen molar-refractivity contribution in [2.24, 2.45) is 0 Å². The third-order valence-electron chi connectivity index (χ3n) is 2.60. The van der Waals surface area contributed by atoms with Crippen LogP contribution in [0.3, 0.4) is 0 Å². The van der Waals surface area contributed by atoms with Gasteiger partial charge in [-0.1, -0.05) is 6.07 Å². The smallest absolute Gasteiger partial charge is 0.159 e. The molecule has 0 aliphatic rings. The quantitative estimate of drug-likeness (QED) is 0.920. The Morgan fingerprint density at radius 1 is 1.17 bits per heavy atom. The maximum atomic E-state index is 13.0. The number of thiazole rings is 1. The number of aromatic nitrogens is 1. The molecule has 2 rings (SSSR count). The lowest BCUT2D eigenvalue weighted by Gasteiger charge is -2.04. The van der Waals surface area contributed by atoms with Gasteiger partial charge in [-0.05, 0) is 31.5 Å². The van der Waals surface area contributed by atoms with Crippen molar-refractivity contribution >= 4 is 11.3 Å². The van der Waals surface area contributed by atoms with E-state index in [2.05, 4.69) is 10.3 Å². The Morgan fingerprint density at radius 3 is 2.56 bits per heavy atom. The van der Waals surface area contributed by atoms with Gasteiger partial charge >= 0.3 is 0 Å². The first-order chi connectivity index (χ1) is 8.56. The van der Waals surface area contributed by atoms with Crippen molar-refractivity contribution in [2.75, 3.05) is 0 Å². The molecular weight excluding hydrogens is 254 g/mol. The number of hydrogen-bond acceptors (Lipinski definition) is 3. The summed E-state index contributed by atoms with van der Waals surface area (Å²) in [5.41, 5.74) is 1.75. The van der Waals surface area contributed by atoms with Crippen LogP contribution in [0.2, 0.25) is 0 Å². The maximum absolute atomic E-state index is 13.0. The fourth-order valence-corrected chi connectivity index (χ4v) is 2.61. The molecule has 0 aliphatic carbocycles. The van der Waals surface area contributed by atoms with Crippen LogP contribution < -0.4 is 5.32 Å². The van der Waals surface area contributed by atoms with Crippen LogP contribution in [-0.2, 0) is 13.1 Å². The van der Waals surface area contributed by atoms with Crippen molar-refractivity contribution in [2.45, 2.75) is 26.9 Å². The molecule has 2 nitrogen and oxygen atoms in total. The number of halogens is 2. The summed E-state index contributed by atoms with van der Waals surface area (Å²) in [6.45, 7) is 5.14. The number of aryl methyl sites for hydroxylation is 2. The molecule has 18 heavy (non-hydrogen) atoms. The minimum absolute atomic E-state index is 0.508. The summed E-state index contributed by atoms with van der Waals surface area (Å²) in [6.07, 6.45) is 0. The highest BCUT2D eigenvalue weighted by Crippen LogP contribution is 2.17. The maximum Gasteiger partial charge on any atom is 0.159 e. The lowest BCUT2D eigenvalue weighted by atomic mass is 10.2. The van der Waals surface area contributed by atoms with Gasteiger partial charge in [0, 0.05) is 18.0 Å². The zero-order valence-electron chi connectivity index (χ0n) is 10.3. The Labute approximate surface area is 109 Å². The summed E-state index contributed by atoms with van der Waals surface area (Å²) in [6, 6.07) is 3.94. The van der Waals surface area contributed by atoms with Gasteiger partial charge in [0.15, 0.2) is 11.6 Å². The van der Waals surface area contributed by atoms with E-state index in [1.807, 2.05) is 13.8 Å². The van der Waals surface area contributed by atoms with Crippen LogP contribution in [0.4, 0.5) is 8.78 Å². The first-order valence-electron chi connectivity index (χ1n) is 5.64. The van der Waals surface area contributed by atoms with Gasteiger partial charge in [-0.2, -0.15) is 0 Å². The highest BCUT2D eigenvalue weighted by molar-refractivity contribution is 7.11. The minimum Gasteiger partial charge on any atom is -0.308 e. The molecule has 96 valence electrons. The van der Waals surface area contributed by atoms with Gasteiger partial charge in [-0.15, -0.1) is 11.3 Å². The van der Waals surface area contributed by atoms with E-state index < -0.39 is 11.6 Å². The van der Waals surface area contributed by atoms with E-state index in [0.29, 0.717) is 13.1 Å². The number of hydrogen-bond donors (Lipinski definition) is 1. The largest absolute Gasteiger partial charge is 0.308 e. The molecule has 0 radical (unpaired) electrons. The van der Waals surface area contributed by atoms with Crippen molar-refractivity contribution in [1.82, 2.24) is 10.3 Å². The van der Waals surface area contributed by atoms with Crippen LogP contribution >= 0.6 is 11.3 Å². The SMILES string of the molecule is Cc1nc(C)c(CNCc2ccc(F)c(F)c2)s1. The zero-order valence-corrected chi connectivity index (χ0v) is 11.1.